The van der Waals surface area contributed by atoms with Crippen molar-refractivity contribution in [3.8, 4) is 0 Å². The van der Waals surface area contributed by atoms with E-state index in [1.165, 1.54) is 6.42 Å². The Morgan fingerprint density at radius 2 is 1.80 bits per heavy atom. The Kier molecular flexibility index (Phi) is 6.71. The quantitative estimate of drug-likeness (QED) is 0.819. The molecule has 0 aromatic heterocycles. The largest absolute Gasteiger partial charge is 0.399 e. The van der Waals surface area contributed by atoms with Crippen molar-refractivity contribution in [1.29, 1.82) is 0 Å². The topological polar surface area (TPSA) is 66.6 Å². The van der Waals surface area contributed by atoms with E-state index >= 15 is 0 Å². The molecule has 2 fully saturated rings. The lowest BCUT2D eigenvalue weighted by Crippen LogP contribution is -2.47. The van der Waals surface area contributed by atoms with Gasteiger partial charge >= 0.3 is 0 Å². The normalized spacial score (nSPS) is 21.6. The SMILES string of the molecule is CC1CCCN(C(=O)C2CCN(C(=O)c3cccc(N)c3)CC2)C1.Cl. The lowest BCUT2D eigenvalue weighted by Gasteiger charge is -2.37. The number of anilines is 1. The molecule has 138 valence electrons. The van der Waals surface area contributed by atoms with Crippen molar-refractivity contribution >= 4 is 29.9 Å². The summed E-state index contributed by atoms with van der Waals surface area (Å²) in [6.07, 6.45) is 3.85. The molecule has 0 bridgehead atoms. The molecule has 0 radical (unpaired) electrons. The Balaban J connectivity index is 0.00000225. The summed E-state index contributed by atoms with van der Waals surface area (Å²) in [5.74, 6) is 0.977. The molecule has 0 saturated carbocycles. The van der Waals surface area contributed by atoms with Crippen LogP contribution < -0.4 is 5.73 Å². The smallest absolute Gasteiger partial charge is 0.253 e. The molecule has 1 unspecified atom stereocenters. The number of amides is 2. The van der Waals surface area contributed by atoms with Gasteiger partial charge in [0.15, 0.2) is 0 Å². The van der Waals surface area contributed by atoms with E-state index in [4.69, 9.17) is 5.73 Å². The van der Waals surface area contributed by atoms with E-state index in [9.17, 15) is 9.59 Å². The highest BCUT2D eigenvalue weighted by Gasteiger charge is 2.31. The number of likely N-dealkylation sites (tertiary alicyclic amines) is 2. The molecule has 1 atom stereocenters. The van der Waals surface area contributed by atoms with Gasteiger partial charge in [-0.1, -0.05) is 13.0 Å². The molecule has 2 N–H and O–H groups in total. The second-order valence-corrected chi connectivity index (χ2v) is 7.22. The van der Waals surface area contributed by atoms with Gasteiger partial charge in [0.2, 0.25) is 5.91 Å². The number of carbonyl (C=O) groups excluding carboxylic acids is 2. The molecule has 25 heavy (non-hydrogen) atoms. The number of nitrogen functional groups attached to an aromatic ring is 1. The zero-order valence-electron chi connectivity index (χ0n) is 14.8. The summed E-state index contributed by atoms with van der Waals surface area (Å²) in [5.41, 5.74) is 6.99. The first-order chi connectivity index (χ1) is 11.5. The molecule has 3 rings (SSSR count). The minimum Gasteiger partial charge on any atom is -0.399 e. The number of benzene rings is 1. The van der Waals surface area contributed by atoms with Crippen LogP contribution in [0.15, 0.2) is 24.3 Å². The van der Waals surface area contributed by atoms with Gasteiger partial charge in [-0.25, -0.2) is 0 Å². The van der Waals surface area contributed by atoms with Gasteiger partial charge in [-0.3, -0.25) is 9.59 Å². The molecule has 1 aromatic rings. The van der Waals surface area contributed by atoms with E-state index in [0.717, 1.165) is 32.4 Å². The lowest BCUT2D eigenvalue weighted by molar-refractivity contribution is -0.138. The summed E-state index contributed by atoms with van der Waals surface area (Å²) in [6, 6.07) is 7.09. The van der Waals surface area contributed by atoms with Crippen LogP contribution in [0.2, 0.25) is 0 Å². The molecular weight excluding hydrogens is 338 g/mol. The average molecular weight is 366 g/mol. The van der Waals surface area contributed by atoms with Gasteiger partial charge in [0.25, 0.3) is 5.91 Å². The number of nitrogens with zero attached hydrogens (tertiary/aromatic N) is 2. The van der Waals surface area contributed by atoms with Crippen LogP contribution in [0.5, 0.6) is 0 Å². The number of carbonyl (C=O) groups is 2. The van der Waals surface area contributed by atoms with Crippen LogP contribution >= 0.6 is 12.4 Å². The second kappa shape index (κ2) is 8.56. The van der Waals surface area contributed by atoms with Gasteiger partial charge in [0.1, 0.15) is 0 Å². The summed E-state index contributed by atoms with van der Waals surface area (Å²) in [6.45, 7) is 5.29. The van der Waals surface area contributed by atoms with Crippen molar-refractivity contribution in [2.24, 2.45) is 11.8 Å². The van der Waals surface area contributed by atoms with Gasteiger partial charge in [-0.15, -0.1) is 12.4 Å². The van der Waals surface area contributed by atoms with Gasteiger partial charge in [0.05, 0.1) is 0 Å². The maximum atomic E-state index is 12.7. The zero-order chi connectivity index (χ0) is 17.1. The highest BCUT2D eigenvalue weighted by atomic mass is 35.5. The number of hydrogen-bond acceptors (Lipinski definition) is 3. The van der Waals surface area contributed by atoms with Crippen LogP contribution in [0.4, 0.5) is 5.69 Å². The second-order valence-electron chi connectivity index (χ2n) is 7.22. The maximum Gasteiger partial charge on any atom is 0.253 e. The standard InChI is InChI=1S/C19H27N3O2.ClH/c1-14-4-3-9-22(13-14)18(23)15-7-10-21(11-8-15)19(24)16-5-2-6-17(20)12-16;/h2,5-6,12,14-15H,3-4,7-11,13,20H2,1H3;1H. The molecule has 2 aliphatic rings. The van der Waals surface area contributed by atoms with Crippen LogP contribution in [-0.4, -0.2) is 47.8 Å². The molecule has 5 nitrogen and oxygen atoms in total. The molecule has 2 amide bonds. The third kappa shape index (κ3) is 4.66. The number of piperidine rings is 2. The van der Waals surface area contributed by atoms with E-state index in [-0.39, 0.29) is 30.1 Å². The minimum atomic E-state index is 0. The average Bonchev–Trinajstić information content (AvgIpc) is 2.60. The Morgan fingerprint density at radius 1 is 1.08 bits per heavy atom. The first-order valence-corrected chi connectivity index (χ1v) is 8.98. The van der Waals surface area contributed by atoms with Crippen molar-refractivity contribution in [2.45, 2.75) is 32.6 Å². The first-order valence-electron chi connectivity index (χ1n) is 8.98. The monoisotopic (exact) mass is 365 g/mol. The van der Waals surface area contributed by atoms with Gasteiger partial charge in [-0.2, -0.15) is 0 Å². The molecule has 2 aliphatic heterocycles. The van der Waals surface area contributed by atoms with E-state index in [1.807, 2.05) is 9.80 Å². The Bertz CT molecular complexity index is 614. The highest BCUT2D eigenvalue weighted by Crippen LogP contribution is 2.24. The molecule has 0 aliphatic carbocycles. The van der Waals surface area contributed by atoms with Crippen LogP contribution in [-0.2, 0) is 4.79 Å². The van der Waals surface area contributed by atoms with E-state index < -0.39 is 0 Å². The Morgan fingerprint density at radius 3 is 2.44 bits per heavy atom. The predicted octanol–water partition coefficient (Wildman–Crippen LogP) is 2.80. The molecule has 6 heteroatoms. The van der Waals surface area contributed by atoms with Gasteiger partial charge < -0.3 is 15.5 Å². The van der Waals surface area contributed by atoms with Crippen LogP contribution in [0.1, 0.15) is 43.0 Å². The van der Waals surface area contributed by atoms with Crippen molar-refractivity contribution in [3.05, 3.63) is 29.8 Å². The first kappa shape index (κ1) is 19.6. The fourth-order valence-corrected chi connectivity index (χ4v) is 3.83. The zero-order valence-corrected chi connectivity index (χ0v) is 15.6. The predicted molar refractivity (Wildman–Crippen MR) is 102 cm³/mol. The fraction of sp³-hybridized carbons (Fsp3) is 0.579. The van der Waals surface area contributed by atoms with Gasteiger partial charge in [-0.05, 0) is 49.8 Å². The Hall–Kier alpha value is -1.75. The third-order valence-electron chi connectivity index (χ3n) is 5.23. The maximum absolute atomic E-state index is 12.7. The number of nitrogens with two attached hydrogens (primary N) is 1. The fourth-order valence-electron chi connectivity index (χ4n) is 3.83. The highest BCUT2D eigenvalue weighted by molar-refractivity contribution is 5.95. The van der Waals surface area contributed by atoms with Crippen molar-refractivity contribution in [2.75, 3.05) is 31.9 Å². The number of halogens is 1. The number of hydrogen-bond donors (Lipinski definition) is 1. The number of rotatable bonds is 2. The Labute approximate surface area is 155 Å². The molecule has 2 saturated heterocycles. The van der Waals surface area contributed by atoms with Crippen LogP contribution in [0, 0.1) is 11.8 Å². The lowest BCUT2D eigenvalue weighted by atomic mass is 9.92. The summed E-state index contributed by atoms with van der Waals surface area (Å²) >= 11 is 0. The molecular formula is C19H28ClN3O2. The van der Waals surface area contributed by atoms with Crippen molar-refractivity contribution in [1.82, 2.24) is 9.80 Å². The molecule has 1 aromatic carbocycles. The molecule has 0 spiro atoms. The summed E-state index contributed by atoms with van der Waals surface area (Å²) in [7, 11) is 0. The van der Waals surface area contributed by atoms with E-state index in [2.05, 4.69) is 6.92 Å². The summed E-state index contributed by atoms with van der Waals surface area (Å²) in [5, 5.41) is 0. The van der Waals surface area contributed by atoms with Crippen molar-refractivity contribution < 1.29 is 9.59 Å². The van der Waals surface area contributed by atoms with Crippen LogP contribution in [0.3, 0.4) is 0 Å². The summed E-state index contributed by atoms with van der Waals surface area (Å²) in [4.78, 5) is 29.1. The summed E-state index contributed by atoms with van der Waals surface area (Å²) < 4.78 is 0. The van der Waals surface area contributed by atoms with Crippen LogP contribution in [0.25, 0.3) is 0 Å². The van der Waals surface area contributed by atoms with E-state index in [0.29, 0.717) is 30.3 Å². The molecule has 2 heterocycles. The van der Waals surface area contributed by atoms with Gasteiger partial charge in [0, 0.05) is 43.3 Å². The van der Waals surface area contributed by atoms with E-state index in [1.54, 1.807) is 24.3 Å². The minimum absolute atomic E-state index is 0. The van der Waals surface area contributed by atoms with Crippen molar-refractivity contribution in [3.63, 3.8) is 0 Å². The third-order valence-corrected chi connectivity index (χ3v) is 5.23.